The molecule has 0 aliphatic carbocycles. The van der Waals surface area contributed by atoms with Gasteiger partial charge in [0.1, 0.15) is 66.4 Å². The van der Waals surface area contributed by atoms with Gasteiger partial charge in [-0.05, 0) is 87.8 Å². The molecule has 12 atom stereocenters. The molecule has 388 valence electrons. The lowest BCUT2D eigenvalue weighted by Gasteiger charge is -2.42. The summed E-state index contributed by atoms with van der Waals surface area (Å²) in [6, 6.07) is 0. The first-order chi connectivity index (χ1) is 31.7. The molecule has 67 heavy (non-hydrogen) atoms. The Kier molecular flexibility index (Phi) is 25.3. The van der Waals surface area contributed by atoms with E-state index in [-0.39, 0.29) is 31.0 Å². The van der Waals surface area contributed by atoms with Crippen molar-refractivity contribution >= 4 is 11.8 Å². The van der Waals surface area contributed by atoms with Crippen LogP contribution in [0.2, 0.25) is 0 Å². The van der Waals surface area contributed by atoms with Crippen molar-refractivity contribution < 1.29 is 69.4 Å². The van der Waals surface area contributed by atoms with Crippen LogP contribution in [0, 0.1) is 38.5 Å². The fraction of sp³-hybridized carbons (Fsp3) is 0.840. The number of aliphatic hydroxyl groups is 8. The number of hydrogen-bond acceptors (Lipinski definition) is 15. The molecule has 1 saturated heterocycles. The van der Waals surface area contributed by atoms with Gasteiger partial charge in [0.2, 0.25) is 5.91 Å². The van der Waals surface area contributed by atoms with Crippen LogP contribution in [0.5, 0.6) is 11.5 Å². The molecular formula is C50H89N3O14. The summed E-state index contributed by atoms with van der Waals surface area (Å²) in [6.45, 7) is 19.6. The molecule has 17 heteroatoms. The minimum Gasteiger partial charge on any atom is -0.492 e. The van der Waals surface area contributed by atoms with Crippen molar-refractivity contribution in [3.05, 3.63) is 22.3 Å². The lowest BCUT2D eigenvalue weighted by atomic mass is 9.83. The highest BCUT2D eigenvalue weighted by Crippen LogP contribution is 2.45. The van der Waals surface area contributed by atoms with E-state index in [0.717, 1.165) is 71.6 Å². The fourth-order valence-corrected chi connectivity index (χ4v) is 9.22. The quantitative estimate of drug-likeness (QED) is 0.0480. The highest BCUT2D eigenvalue weighted by atomic mass is 16.7. The molecule has 2 aliphatic heterocycles. The monoisotopic (exact) mass is 956 g/mol. The maximum absolute atomic E-state index is 12.9. The van der Waals surface area contributed by atoms with E-state index >= 15 is 0 Å². The topological polar surface area (TPSA) is 260 Å². The summed E-state index contributed by atoms with van der Waals surface area (Å²) in [6.07, 6.45) is -3.37. The number of fused-ring (bicyclic) bond motifs is 1. The van der Waals surface area contributed by atoms with Crippen LogP contribution < -0.4 is 20.1 Å². The highest BCUT2D eigenvalue weighted by Gasteiger charge is 2.47. The van der Waals surface area contributed by atoms with Crippen LogP contribution in [0.25, 0.3) is 0 Å². The van der Waals surface area contributed by atoms with E-state index in [9.17, 15) is 50.4 Å². The third kappa shape index (κ3) is 17.6. The highest BCUT2D eigenvalue weighted by molar-refractivity contribution is 5.81. The molecule has 0 aromatic heterocycles. The van der Waals surface area contributed by atoms with Crippen molar-refractivity contribution in [3.63, 3.8) is 0 Å². The number of aliphatic hydroxyl groups excluding tert-OH is 8. The Morgan fingerprint density at radius 1 is 0.836 bits per heavy atom. The first-order valence-corrected chi connectivity index (χ1v) is 25.0. The second kappa shape index (κ2) is 28.9. The smallest absolute Gasteiger partial charge is 0.251 e. The predicted molar refractivity (Wildman–Crippen MR) is 255 cm³/mol. The minimum absolute atomic E-state index is 0.0781. The Morgan fingerprint density at radius 2 is 1.46 bits per heavy atom. The van der Waals surface area contributed by atoms with Gasteiger partial charge in [0, 0.05) is 44.7 Å². The second-order valence-corrected chi connectivity index (χ2v) is 20.0. The molecule has 0 radical (unpaired) electrons. The van der Waals surface area contributed by atoms with Crippen molar-refractivity contribution in [2.45, 2.75) is 200 Å². The lowest BCUT2D eigenvalue weighted by molar-refractivity contribution is -0.326. The van der Waals surface area contributed by atoms with Gasteiger partial charge in [-0.15, -0.1) is 0 Å². The van der Waals surface area contributed by atoms with Gasteiger partial charge in [-0.3, -0.25) is 9.59 Å². The zero-order valence-corrected chi connectivity index (χ0v) is 42.0. The third-order valence-corrected chi connectivity index (χ3v) is 13.9. The second-order valence-electron chi connectivity index (χ2n) is 20.0. The van der Waals surface area contributed by atoms with Crippen LogP contribution in [0.1, 0.15) is 134 Å². The molecule has 2 heterocycles. The summed E-state index contributed by atoms with van der Waals surface area (Å²) >= 11 is 0. The fourth-order valence-electron chi connectivity index (χ4n) is 9.22. The zero-order chi connectivity index (χ0) is 50.0. The summed E-state index contributed by atoms with van der Waals surface area (Å²) < 4.78 is 23.8. The molecule has 2 amide bonds. The summed E-state index contributed by atoms with van der Waals surface area (Å²) in [5.41, 5.74) is 4.30. The first-order valence-electron chi connectivity index (χ1n) is 25.0. The van der Waals surface area contributed by atoms with Crippen LogP contribution in [-0.4, -0.2) is 171 Å². The van der Waals surface area contributed by atoms with Gasteiger partial charge < -0.3 is 75.3 Å². The van der Waals surface area contributed by atoms with Crippen molar-refractivity contribution in [1.29, 1.82) is 0 Å². The predicted octanol–water partition coefficient (Wildman–Crippen LogP) is 2.72. The van der Waals surface area contributed by atoms with E-state index in [1.165, 1.54) is 50.5 Å². The summed E-state index contributed by atoms with van der Waals surface area (Å²) in [5, 5.41) is 87.1. The molecular weight excluding hydrogens is 867 g/mol. The summed E-state index contributed by atoms with van der Waals surface area (Å²) in [4.78, 5) is 27.2. The maximum Gasteiger partial charge on any atom is 0.251 e. The number of amides is 2. The van der Waals surface area contributed by atoms with Gasteiger partial charge in [0.05, 0.1) is 13.2 Å². The Balaban J connectivity index is 1.44. The van der Waals surface area contributed by atoms with Crippen LogP contribution in [0.3, 0.4) is 0 Å². The molecule has 0 saturated carbocycles. The number of ether oxygens (including phenoxy) is 4. The number of hydrogen-bond donors (Lipinski definition) is 10. The van der Waals surface area contributed by atoms with Gasteiger partial charge in [0.25, 0.3) is 5.91 Å². The molecule has 0 spiro atoms. The van der Waals surface area contributed by atoms with Gasteiger partial charge in [-0.1, -0.05) is 79.6 Å². The van der Waals surface area contributed by atoms with Gasteiger partial charge in [-0.25, -0.2) is 0 Å². The molecule has 0 bridgehead atoms. The van der Waals surface area contributed by atoms with E-state index in [1.54, 1.807) is 11.8 Å². The van der Waals surface area contributed by atoms with Crippen molar-refractivity contribution in [2.75, 3.05) is 52.5 Å². The number of benzene rings is 1. The van der Waals surface area contributed by atoms with Gasteiger partial charge in [0.15, 0.2) is 12.4 Å². The van der Waals surface area contributed by atoms with Crippen molar-refractivity contribution in [3.8, 4) is 11.5 Å². The number of rotatable bonds is 31. The largest absolute Gasteiger partial charge is 0.492 e. The number of carbonyl (C=O) groups is 2. The number of nitrogens with one attached hydrogen (secondary N) is 2. The number of nitrogens with zero attached hydrogens (tertiary/aromatic N) is 1. The number of carbonyl (C=O) groups excluding carboxylic acids is 2. The Bertz CT molecular complexity index is 1630. The van der Waals surface area contributed by atoms with E-state index in [2.05, 4.69) is 66.0 Å². The lowest BCUT2D eigenvalue weighted by Crippen LogP contribution is -2.62. The SMILES string of the molecule is CCC(=O)N(CCNCCOc1c(C)c(C)c2c(c1C)CC[C@@](C)(CCC[C@H](C)CCC[C@H](C)CCCC(C)C)O2)CCNC(=O)C(O)C(O)C(O[C@@H]1OC(CO)[C@H](O)[C@H](O)C1O)C(O)CO. The van der Waals surface area contributed by atoms with Crippen molar-refractivity contribution in [1.82, 2.24) is 15.5 Å². The van der Waals surface area contributed by atoms with Crippen LogP contribution in [-0.2, 0) is 25.5 Å². The Morgan fingerprint density at radius 3 is 2.07 bits per heavy atom. The molecule has 17 nitrogen and oxygen atoms in total. The summed E-state index contributed by atoms with van der Waals surface area (Å²) in [7, 11) is 0. The van der Waals surface area contributed by atoms with E-state index in [0.29, 0.717) is 26.2 Å². The molecule has 10 N–H and O–H groups in total. The van der Waals surface area contributed by atoms with Gasteiger partial charge in [-0.2, -0.15) is 0 Å². The van der Waals surface area contributed by atoms with E-state index < -0.39 is 74.2 Å². The van der Waals surface area contributed by atoms with Crippen molar-refractivity contribution in [2.24, 2.45) is 17.8 Å². The maximum atomic E-state index is 12.9. The molecule has 6 unspecified atom stereocenters. The van der Waals surface area contributed by atoms with Gasteiger partial charge >= 0.3 is 0 Å². The molecule has 2 aliphatic rings. The average molecular weight is 956 g/mol. The Hall–Kier alpha value is -2.68. The van der Waals surface area contributed by atoms with Crippen LogP contribution >= 0.6 is 0 Å². The molecule has 3 rings (SSSR count). The van der Waals surface area contributed by atoms with E-state index in [4.69, 9.17) is 18.9 Å². The average Bonchev–Trinajstić information content (AvgIpc) is 3.29. The zero-order valence-electron chi connectivity index (χ0n) is 42.0. The Labute approximate surface area is 399 Å². The molecule has 1 fully saturated rings. The minimum atomic E-state index is -2.21. The normalized spacial score (nSPS) is 24.5. The standard InChI is InChI=1S/C50H89N3O14/c1-10-39(57)53(26-23-52-48(63)43(61)42(60)47(37(56)28-54)66-49-44(62)41(59)40(58)38(29-55)65-49)25-22-51-24-27-64-45-33(6)34(7)46-36(35(45)8)19-21-50(9,67-46)20-13-18-32(5)17-12-16-31(4)15-11-14-30(2)3/h30-32,37-38,40-44,47,49,51,54-56,58-62H,10-29H2,1-9H3,(H,52,63)/t31-,32-,37?,38?,40+,41+,42?,43?,44?,47?,49+,50-/m1/s1. The third-order valence-electron chi connectivity index (χ3n) is 13.9. The molecule has 1 aromatic rings. The van der Waals surface area contributed by atoms with E-state index in [1.807, 2.05) is 0 Å². The summed E-state index contributed by atoms with van der Waals surface area (Å²) in [5.74, 6) is 2.97. The van der Waals surface area contributed by atoms with Crippen LogP contribution in [0.4, 0.5) is 0 Å². The first kappa shape index (κ1) is 58.6. The van der Waals surface area contributed by atoms with Crippen LogP contribution in [0.15, 0.2) is 0 Å². The molecule has 1 aromatic carbocycles.